The topological polar surface area (TPSA) is 15.3 Å². The molecule has 0 spiro atoms. The summed E-state index contributed by atoms with van der Waals surface area (Å²) in [5, 5.41) is 3.81. The van der Waals surface area contributed by atoms with Crippen LogP contribution in [0.5, 0.6) is 0 Å². The van der Waals surface area contributed by atoms with Crippen molar-refractivity contribution in [1.29, 1.82) is 0 Å². The Labute approximate surface area is 106 Å². The lowest BCUT2D eigenvalue weighted by Gasteiger charge is -2.45. The fourth-order valence-corrected chi connectivity index (χ4v) is 4.06. The van der Waals surface area contributed by atoms with Gasteiger partial charge in [0.05, 0.1) is 0 Å². The van der Waals surface area contributed by atoms with Crippen molar-refractivity contribution in [2.75, 3.05) is 13.1 Å². The van der Waals surface area contributed by atoms with Gasteiger partial charge in [-0.3, -0.25) is 4.90 Å². The number of hydrogen-bond donors (Lipinski definition) is 1. The minimum absolute atomic E-state index is 0.801. The smallest absolute Gasteiger partial charge is 0.0224 e. The summed E-state index contributed by atoms with van der Waals surface area (Å²) in [6.07, 6.45) is 8.63. The largest absolute Gasteiger partial charge is 0.311 e. The minimum Gasteiger partial charge on any atom is -0.311 e. The lowest BCUT2D eigenvalue weighted by molar-refractivity contribution is 0.0585. The molecule has 4 unspecified atom stereocenters. The van der Waals surface area contributed by atoms with Crippen LogP contribution in [0.25, 0.3) is 0 Å². The molecule has 3 aliphatic rings. The zero-order valence-electron chi connectivity index (χ0n) is 11.5. The molecule has 2 nitrogen and oxygen atoms in total. The first-order chi connectivity index (χ1) is 8.29. The van der Waals surface area contributed by atoms with Crippen molar-refractivity contribution in [2.24, 2.45) is 11.8 Å². The Bertz CT molecular complexity index is 262. The van der Waals surface area contributed by atoms with Crippen molar-refractivity contribution < 1.29 is 0 Å². The molecule has 0 aromatic heterocycles. The van der Waals surface area contributed by atoms with Crippen LogP contribution in [0.2, 0.25) is 0 Å². The molecule has 4 atom stereocenters. The van der Waals surface area contributed by atoms with Gasteiger partial charge in [-0.2, -0.15) is 0 Å². The average molecular weight is 236 g/mol. The predicted octanol–water partition coefficient (Wildman–Crippen LogP) is 2.64. The molecule has 2 saturated carbocycles. The summed E-state index contributed by atoms with van der Waals surface area (Å²) in [6.45, 7) is 7.40. The zero-order valence-corrected chi connectivity index (χ0v) is 11.5. The van der Waals surface area contributed by atoms with Crippen molar-refractivity contribution in [2.45, 2.75) is 70.5 Å². The van der Waals surface area contributed by atoms with Gasteiger partial charge in [0.15, 0.2) is 0 Å². The first-order valence-corrected chi connectivity index (χ1v) is 7.78. The van der Waals surface area contributed by atoms with Gasteiger partial charge in [-0.05, 0) is 43.9 Å². The highest BCUT2D eigenvalue weighted by molar-refractivity contribution is 4.97. The van der Waals surface area contributed by atoms with E-state index in [-0.39, 0.29) is 0 Å². The summed E-state index contributed by atoms with van der Waals surface area (Å²) in [7, 11) is 0. The number of hydrogen-bond acceptors (Lipinski definition) is 2. The Balaban J connectivity index is 1.68. The Morgan fingerprint density at radius 2 is 2.00 bits per heavy atom. The normalized spacial score (nSPS) is 44.1. The molecule has 0 amide bonds. The first kappa shape index (κ1) is 12.0. The zero-order chi connectivity index (χ0) is 11.8. The van der Waals surface area contributed by atoms with Gasteiger partial charge in [0, 0.05) is 31.2 Å². The van der Waals surface area contributed by atoms with E-state index in [9.17, 15) is 0 Å². The molecule has 3 rings (SSSR count). The van der Waals surface area contributed by atoms with Crippen LogP contribution in [0.1, 0.15) is 52.4 Å². The molecule has 1 N–H and O–H groups in total. The van der Waals surface area contributed by atoms with Crippen LogP contribution in [0.3, 0.4) is 0 Å². The third-order valence-corrected chi connectivity index (χ3v) is 5.40. The van der Waals surface area contributed by atoms with Gasteiger partial charge in [-0.1, -0.05) is 20.3 Å². The standard InChI is InChI=1S/C15H28N2/c1-3-13-9-16-14(12-7-8-12)10-17(13)15-6-4-5-11(15)2/h11-16H,3-10H2,1-2H3. The maximum atomic E-state index is 3.81. The monoisotopic (exact) mass is 236 g/mol. The molecule has 0 bridgehead atoms. The van der Waals surface area contributed by atoms with E-state index in [0.29, 0.717) is 0 Å². The van der Waals surface area contributed by atoms with E-state index in [2.05, 4.69) is 24.1 Å². The molecule has 1 saturated heterocycles. The summed E-state index contributed by atoms with van der Waals surface area (Å²) in [5.74, 6) is 1.94. The summed E-state index contributed by atoms with van der Waals surface area (Å²) in [6, 6.07) is 2.50. The third kappa shape index (κ3) is 2.39. The molecular weight excluding hydrogens is 208 g/mol. The van der Waals surface area contributed by atoms with Gasteiger partial charge in [0.2, 0.25) is 0 Å². The van der Waals surface area contributed by atoms with Gasteiger partial charge in [0.1, 0.15) is 0 Å². The van der Waals surface area contributed by atoms with Crippen molar-refractivity contribution in [1.82, 2.24) is 10.2 Å². The van der Waals surface area contributed by atoms with E-state index in [1.165, 1.54) is 51.6 Å². The number of nitrogens with one attached hydrogen (secondary N) is 1. The lowest BCUT2D eigenvalue weighted by Crippen LogP contribution is -2.60. The molecule has 0 aromatic carbocycles. The molecule has 3 fully saturated rings. The summed E-state index contributed by atoms with van der Waals surface area (Å²) in [5.41, 5.74) is 0. The molecule has 2 aliphatic carbocycles. The highest BCUT2D eigenvalue weighted by Crippen LogP contribution is 2.37. The Kier molecular flexibility index (Phi) is 3.45. The van der Waals surface area contributed by atoms with Crippen LogP contribution >= 0.6 is 0 Å². The maximum Gasteiger partial charge on any atom is 0.0224 e. The summed E-state index contributed by atoms with van der Waals surface area (Å²) < 4.78 is 0. The van der Waals surface area contributed by atoms with E-state index >= 15 is 0 Å². The highest BCUT2D eigenvalue weighted by atomic mass is 15.3. The maximum absolute atomic E-state index is 3.81. The molecule has 0 radical (unpaired) electrons. The predicted molar refractivity (Wildman–Crippen MR) is 72.1 cm³/mol. The number of rotatable bonds is 3. The van der Waals surface area contributed by atoms with E-state index in [1.54, 1.807) is 0 Å². The minimum atomic E-state index is 0.801. The number of piperazine rings is 1. The van der Waals surface area contributed by atoms with E-state index in [1.807, 2.05) is 0 Å². The van der Waals surface area contributed by atoms with E-state index < -0.39 is 0 Å². The van der Waals surface area contributed by atoms with Crippen molar-refractivity contribution in [3.63, 3.8) is 0 Å². The Hall–Kier alpha value is -0.0800. The van der Waals surface area contributed by atoms with Crippen molar-refractivity contribution in [3.05, 3.63) is 0 Å². The molecule has 1 heterocycles. The van der Waals surface area contributed by atoms with Crippen molar-refractivity contribution >= 4 is 0 Å². The average Bonchev–Trinajstić information content (AvgIpc) is 3.11. The second-order valence-corrected chi connectivity index (χ2v) is 6.59. The van der Waals surface area contributed by atoms with Gasteiger partial charge in [0.25, 0.3) is 0 Å². The van der Waals surface area contributed by atoms with Crippen LogP contribution in [0, 0.1) is 11.8 Å². The molecule has 17 heavy (non-hydrogen) atoms. The molecule has 0 aromatic rings. The van der Waals surface area contributed by atoms with Gasteiger partial charge < -0.3 is 5.32 Å². The second-order valence-electron chi connectivity index (χ2n) is 6.59. The van der Waals surface area contributed by atoms with Gasteiger partial charge in [-0.15, -0.1) is 0 Å². The quantitative estimate of drug-likeness (QED) is 0.810. The van der Waals surface area contributed by atoms with Crippen LogP contribution in [0.4, 0.5) is 0 Å². The van der Waals surface area contributed by atoms with Crippen LogP contribution < -0.4 is 5.32 Å². The first-order valence-electron chi connectivity index (χ1n) is 7.78. The Morgan fingerprint density at radius 3 is 2.59 bits per heavy atom. The SMILES string of the molecule is CCC1CNC(C2CC2)CN1C1CCCC1C. The summed E-state index contributed by atoms with van der Waals surface area (Å²) in [4.78, 5) is 2.89. The lowest BCUT2D eigenvalue weighted by atomic mass is 9.96. The summed E-state index contributed by atoms with van der Waals surface area (Å²) >= 11 is 0. The van der Waals surface area contributed by atoms with Crippen molar-refractivity contribution in [3.8, 4) is 0 Å². The van der Waals surface area contributed by atoms with Crippen LogP contribution in [-0.2, 0) is 0 Å². The molecule has 98 valence electrons. The highest BCUT2D eigenvalue weighted by Gasteiger charge is 2.40. The fourth-order valence-electron chi connectivity index (χ4n) is 4.06. The third-order valence-electron chi connectivity index (χ3n) is 5.40. The van der Waals surface area contributed by atoms with Gasteiger partial charge in [-0.25, -0.2) is 0 Å². The number of nitrogens with zero attached hydrogens (tertiary/aromatic N) is 1. The second kappa shape index (κ2) is 4.89. The Morgan fingerprint density at radius 1 is 1.18 bits per heavy atom. The van der Waals surface area contributed by atoms with Crippen LogP contribution in [-0.4, -0.2) is 36.1 Å². The van der Waals surface area contributed by atoms with E-state index in [0.717, 1.165) is 30.0 Å². The fraction of sp³-hybridized carbons (Fsp3) is 1.00. The molecule has 1 aliphatic heterocycles. The van der Waals surface area contributed by atoms with E-state index in [4.69, 9.17) is 0 Å². The molecular formula is C15H28N2. The van der Waals surface area contributed by atoms with Crippen LogP contribution in [0.15, 0.2) is 0 Å². The van der Waals surface area contributed by atoms with Gasteiger partial charge >= 0.3 is 0 Å². The molecule has 2 heteroatoms.